The first-order chi connectivity index (χ1) is 7.22. The lowest BCUT2D eigenvalue weighted by Gasteiger charge is -2.03. The molecule has 15 heavy (non-hydrogen) atoms. The maximum Gasteiger partial charge on any atom is 0.148 e. The fourth-order valence-corrected chi connectivity index (χ4v) is 1.20. The molecule has 3 heteroatoms. The molecule has 1 rings (SSSR count). The van der Waals surface area contributed by atoms with Gasteiger partial charge < -0.3 is 5.73 Å². The summed E-state index contributed by atoms with van der Waals surface area (Å²) < 4.78 is 13.3. The Labute approximate surface area is 88.6 Å². The zero-order chi connectivity index (χ0) is 11.3. The fraction of sp³-hybridized carbons (Fsp3) is 0.0833. The van der Waals surface area contributed by atoms with Gasteiger partial charge >= 0.3 is 0 Å². The molecule has 0 aliphatic carbocycles. The normalized spacial score (nSPS) is 11.9. The van der Waals surface area contributed by atoms with Gasteiger partial charge in [-0.05, 0) is 18.4 Å². The van der Waals surface area contributed by atoms with Crippen LogP contribution in [0.5, 0.6) is 0 Å². The van der Waals surface area contributed by atoms with E-state index in [-0.39, 0.29) is 5.70 Å². The SMILES string of the molecule is C=C/C(F)=C(\N=C)c1ccc(CN)cc1. The zero-order valence-corrected chi connectivity index (χ0v) is 8.41. The van der Waals surface area contributed by atoms with Crippen molar-refractivity contribution in [3.05, 3.63) is 53.9 Å². The Morgan fingerprint density at radius 3 is 2.40 bits per heavy atom. The van der Waals surface area contributed by atoms with Crippen LogP contribution in [0.15, 0.2) is 47.7 Å². The molecule has 0 unspecified atom stereocenters. The molecule has 0 fully saturated rings. The molecule has 0 saturated carbocycles. The third-order valence-corrected chi connectivity index (χ3v) is 2.03. The number of hydrogen-bond donors (Lipinski definition) is 1. The van der Waals surface area contributed by atoms with Crippen LogP contribution in [0.1, 0.15) is 11.1 Å². The van der Waals surface area contributed by atoms with E-state index in [4.69, 9.17) is 5.73 Å². The van der Waals surface area contributed by atoms with Crippen LogP contribution in [-0.2, 0) is 6.54 Å². The second kappa shape index (κ2) is 5.22. The van der Waals surface area contributed by atoms with Crippen molar-refractivity contribution in [1.82, 2.24) is 0 Å². The number of halogens is 1. The summed E-state index contributed by atoms with van der Waals surface area (Å²) in [6.45, 7) is 7.14. The van der Waals surface area contributed by atoms with Gasteiger partial charge in [0.2, 0.25) is 0 Å². The van der Waals surface area contributed by atoms with Crippen molar-refractivity contribution in [2.24, 2.45) is 10.7 Å². The third-order valence-electron chi connectivity index (χ3n) is 2.03. The lowest BCUT2D eigenvalue weighted by molar-refractivity contribution is 0.669. The summed E-state index contributed by atoms with van der Waals surface area (Å²) >= 11 is 0. The molecule has 0 heterocycles. The summed E-state index contributed by atoms with van der Waals surface area (Å²) in [6, 6.07) is 7.18. The monoisotopic (exact) mass is 204 g/mol. The van der Waals surface area contributed by atoms with Gasteiger partial charge in [0.15, 0.2) is 0 Å². The summed E-state index contributed by atoms with van der Waals surface area (Å²) in [7, 11) is 0. The van der Waals surface area contributed by atoms with Crippen LogP contribution in [0.2, 0.25) is 0 Å². The van der Waals surface area contributed by atoms with Crippen LogP contribution in [0.4, 0.5) is 4.39 Å². The summed E-state index contributed by atoms with van der Waals surface area (Å²) in [6.07, 6.45) is 1.11. The van der Waals surface area contributed by atoms with E-state index in [2.05, 4.69) is 18.3 Å². The third kappa shape index (κ3) is 2.60. The number of nitrogens with two attached hydrogens (primary N) is 1. The van der Waals surface area contributed by atoms with E-state index in [9.17, 15) is 4.39 Å². The lowest BCUT2D eigenvalue weighted by atomic mass is 10.1. The van der Waals surface area contributed by atoms with Crippen molar-refractivity contribution in [2.45, 2.75) is 6.54 Å². The molecular weight excluding hydrogens is 191 g/mol. The Morgan fingerprint density at radius 1 is 1.40 bits per heavy atom. The van der Waals surface area contributed by atoms with E-state index in [0.29, 0.717) is 12.1 Å². The number of rotatable bonds is 4. The molecule has 0 spiro atoms. The summed E-state index contributed by atoms with van der Waals surface area (Å²) in [5.74, 6) is -0.481. The molecule has 1 aromatic rings. The van der Waals surface area contributed by atoms with Crippen molar-refractivity contribution in [3.8, 4) is 0 Å². The molecule has 0 aliphatic heterocycles. The molecule has 0 bridgehead atoms. The Balaban J connectivity index is 3.14. The zero-order valence-electron chi connectivity index (χ0n) is 8.41. The molecule has 0 aromatic heterocycles. The minimum absolute atomic E-state index is 0.202. The predicted octanol–water partition coefficient (Wildman–Crippen LogP) is 2.67. The van der Waals surface area contributed by atoms with Crippen molar-refractivity contribution in [1.29, 1.82) is 0 Å². The number of benzene rings is 1. The van der Waals surface area contributed by atoms with Crippen molar-refractivity contribution >= 4 is 12.4 Å². The van der Waals surface area contributed by atoms with Crippen LogP contribution in [-0.4, -0.2) is 6.72 Å². The molecule has 0 atom stereocenters. The average Bonchev–Trinajstić information content (AvgIpc) is 2.30. The molecule has 0 radical (unpaired) electrons. The highest BCUT2D eigenvalue weighted by Crippen LogP contribution is 2.21. The van der Waals surface area contributed by atoms with Crippen LogP contribution in [0, 0.1) is 0 Å². The first-order valence-corrected chi connectivity index (χ1v) is 4.51. The van der Waals surface area contributed by atoms with Gasteiger partial charge in [-0.15, -0.1) is 0 Å². The first-order valence-electron chi connectivity index (χ1n) is 4.51. The van der Waals surface area contributed by atoms with Gasteiger partial charge in [0, 0.05) is 12.1 Å². The highest BCUT2D eigenvalue weighted by molar-refractivity contribution is 5.71. The van der Waals surface area contributed by atoms with Gasteiger partial charge in [-0.1, -0.05) is 30.8 Å². The molecule has 0 amide bonds. The Hall–Kier alpha value is -1.74. The van der Waals surface area contributed by atoms with Crippen molar-refractivity contribution in [3.63, 3.8) is 0 Å². The maximum absolute atomic E-state index is 13.3. The number of allylic oxidation sites excluding steroid dienone is 2. The quantitative estimate of drug-likeness (QED) is 0.594. The summed E-state index contributed by atoms with van der Waals surface area (Å²) in [5, 5.41) is 0. The van der Waals surface area contributed by atoms with Gasteiger partial charge in [0.1, 0.15) is 11.5 Å². The van der Waals surface area contributed by atoms with E-state index in [1.165, 1.54) is 0 Å². The molecule has 0 aliphatic rings. The smallest absolute Gasteiger partial charge is 0.148 e. The Morgan fingerprint density at radius 2 is 2.00 bits per heavy atom. The van der Waals surface area contributed by atoms with Gasteiger partial charge in [0.05, 0.1) is 0 Å². The van der Waals surface area contributed by atoms with Gasteiger partial charge in [0.25, 0.3) is 0 Å². The largest absolute Gasteiger partial charge is 0.326 e. The number of nitrogens with zero attached hydrogens (tertiary/aromatic N) is 1. The lowest BCUT2D eigenvalue weighted by Crippen LogP contribution is -1.95. The summed E-state index contributed by atoms with van der Waals surface area (Å²) in [4.78, 5) is 3.64. The second-order valence-corrected chi connectivity index (χ2v) is 2.96. The van der Waals surface area contributed by atoms with E-state index in [1.54, 1.807) is 12.1 Å². The van der Waals surface area contributed by atoms with E-state index < -0.39 is 5.83 Å². The van der Waals surface area contributed by atoms with Gasteiger partial charge in [-0.25, -0.2) is 4.39 Å². The standard InChI is InChI=1S/C12H13FN2/c1-3-11(13)12(15-2)10-6-4-9(8-14)5-7-10/h3-7H,1-2,8,14H2/b12-11+. The number of aliphatic imine (C=N–C) groups is 1. The Kier molecular flexibility index (Phi) is 3.94. The van der Waals surface area contributed by atoms with Crippen LogP contribution in [0.25, 0.3) is 5.70 Å². The highest BCUT2D eigenvalue weighted by atomic mass is 19.1. The van der Waals surface area contributed by atoms with Gasteiger partial charge in [-0.2, -0.15) is 0 Å². The van der Waals surface area contributed by atoms with E-state index in [1.807, 2.05) is 12.1 Å². The van der Waals surface area contributed by atoms with Crippen LogP contribution < -0.4 is 5.73 Å². The first kappa shape index (κ1) is 11.3. The van der Waals surface area contributed by atoms with Crippen LogP contribution in [0.3, 0.4) is 0 Å². The van der Waals surface area contributed by atoms with Gasteiger partial charge in [-0.3, -0.25) is 4.99 Å². The molecule has 0 saturated heterocycles. The molecule has 2 nitrogen and oxygen atoms in total. The molecular formula is C12H13FN2. The van der Waals surface area contributed by atoms with E-state index in [0.717, 1.165) is 11.6 Å². The topological polar surface area (TPSA) is 38.4 Å². The van der Waals surface area contributed by atoms with Crippen molar-refractivity contribution in [2.75, 3.05) is 0 Å². The Bertz CT molecular complexity index is 391. The van der Waals surface area contributed by atoms with Crippen LogP contribution >= 0.6 is 0 Å². The fourth-order valence-electron chi connectivity index (χ4n) is 1.20. The highest BCUT2D eigenvalue weighted by Gasteiger charge is 2.04. The predicted molar refractivity (Wildman–Crippen MR) is 62.1 cm³/mol. The maximum atomic E-state index is 13.3. The average molecular weight is 204 g/mol. The molecule has 1 aromatic carbocycles. The molecule has 2 N–H and O–H groups in total. The molecule has 78 valence electrons. The summed E-state index contributed by atoms with van der Waals surface area (Å²) in [5.41, 5.74) is 7.31. The minimum atomic E-state index is -0.481. The van der Waals surface area contributed by atoms with Crippen molar-refractivity contribution < 1.29 is 4.39 Å². The minimum Gasteiger partial charge on any atom is -0.326 e. The van der Waals surface area contributed by atoms with E-state index >= 15 is 0 Å². The number of hydrogen-bond acceptors (Lipinski definition) is 2. The second-order valence-electron chi connectivity index (χ2n) is 2.96.